The molecule has 10 heteroatoms. The molecule has 0 saturated carbocycles. The van der Waals surface area contributed by atoms with Crippen LogP contribution in [-0.4, -0.2) is 40.3 Å². The maximum absolute atomic E-state index is 13.5. The maximum Gasteiger partial charge on any atom is 0.255 e. The number of rotatable bonds is 8. The highest BCUT2D eigenvalue weighted by Gasteiger charge is 2.15. The fourth-order valence-corrected chi connectivity index (χ4v) is 4.37. The van der Waals surface area contributed by atoms with Gasteiger partial charge in [0.25, 0.3) is 11.8 Å². The van der Waals surface area contributed by atoms with Gasteiger partial charge in [-0.05, 0) is 72.8 Å². The molecule has 0 aliphatic heterocycles. The molecule has 41 heavy (non-hydrogen) atoms. The topological polar surface area (TPSA) is 125 Å². The van der Waals surface area contributed by atoms with Crippen molar-refractivity contribution in [3.8, 4) is 23.0 Å². The summed E-state index contributed by atoms with van der Waals surface area (Å²) in [5.74, 6) is 1.04. The first kappa shape index (κ1) is 27.1. The number of carbonyl (C=O) groups excluding carboxylic acids is 2. The number of anilines is 2. The molecule has 5 aromatic rings. The van der Waals surface area contributed by atoms with Gasteiger partial charge in [-0.2, -0.15) is 0 Å². The average Bonchev–Trinajstić information content (AvgIpc) is 3.00. The number of fused-ring (bicyclic) bond motifs is 2. The van der Waals surface area contributed by atoms with Crippen LogP contribution in [0.25, 0.3) is 21.9 Å². The van der Waals surface area contributed by atoms with Crippen LogP contribution in [0.2, 0.25) is 0 Å². The van der Waals surface area contributed by atoms with E-state index in [0.717, 1.165) is 0 Å². The smallest absolute Gasteiger partial charge is 0.255 e. The Balaban J connectivity index is 1.43. The number of benzene rings is 4. The lowest BCUT2D eigenvalue weighted by Gasteiger charge is -2.11. The van der Waals surface area contributed by atoms with Crippen molar-refractivity contribution in [2.75, 3.05) is 39.1 Å². The summed E-state index contributed by atoms with van der Waals surface area (Å²) in [6.45, 7) is 0. The molecule has 0 aliphatic rings. The fourth-order valence-electron chi connectivity index (χ4n) is 4.37. The summed E-state index contributed by atoms with van der Waals surface area (Å²) in [6, 6.07) is 19.2. The molecule has 208 valence electrons. The van der Waals surface area contributed by atoms with Crippen molar-refractivity contribution in [3.63, 3.8) is 0 Å². The van der Waals surface area contributed by atoms with E-state index >= 15 is 0 Å². The molecule has 0 aliphatic carbocycles. The number of carbonyl (C=O) groups is 2. The second-order valence-corrected chi connectivity index (χ2v) is 8.90. The Morgan fingerprint density at radius 3 is 1.37 bits per heavy atom. The molecule has 0 radical (unpaired) electrons. The Morgan fingerprint density at radius 1 is 0.561 bits per heavy atom. The van der Waals surface area contributed by atoms with Gasteiger partial charge < -0.3 is 34.0 Å². The summed E-state index contributed by atoms with van der Waals surface area (Å²) < 4.78 is 26.9. The highest BCUT2D eigenvalue weighted by molar-refractivity contribution is 6.07. The number of ether oxygens (including phenoxy) is 4. The van der Waals surface area contributed by atoms with Gasteiger partial charge in [-0.25, -0.2) is 0 Å². The summed E-state index contributed by atoms with van der Waals surface area (Å²) in [5, 5.41) is 6.13. The van der Waals surface area contributed by atoms with E-state index in [1.165, 1.54) is 28.4 Å². The first-order chi connectivity index (χ1) is 19.8. The van der Waals surface area contributed by atoms with Gasteiger partial charge in [0.05, 0.1) is 39.2 Å². The third-order valence-electron chi connectivity index (χ3n) is 6.48. The minimum atomic E-state index is -0.393. The van der Waals surface area contributed by atoms with Crippen molar-refractivity contribution in [3.05, 3.63) is 94.1 Å². The van der Waals surface area contributed by atoms with Crippen LogP contribution in [0.3, 0.4) is 0 Å². The number of nitrogens with one attached hydrogen (secondary N) is 2. The standard InChI is InChI=1S/C31H26N2O8/c1-37-25-9-5-17(13-27(25)39-3)30(35)32-19-7-11-23-21(15-19)29(34)22-16-20(8-12-24(22)41-23)33-31(36)18-6-10-26(38-2)28(14-18)40-4/h5-16H,1-4H3,(H,32,35)(H,33,36). The van der Waals surface area contributed by atoms with E-state index in [-0.39, 0.29) is 16.2 Å². The highest BCUT2D eigenvalue weighted by Crippen LogP contribution is 2.30. The van der Waals surface area contributed by atoms with Crippen LogP contribution >= 0.6 is 0 Å². The number of hydrogen-bond acceptors (Lipinski definition) is 8. The number of hydrogen-bond donors (Lipinski definition) is 2. The first-order valence-corrected chi connectivity index (χ1v) is 12.4. The third-order valence-corrected chi connectivity index (χ3v) is 6.48. The molecule has 1 aromatic heterocycles. The molecule has 0 saturated heterocycles. The molecule has 10 nitrogen and oxygen atoms in total. The van der Waals surface area contributed by atoms with Gasteiger partial charge in [0.2, 0.25) is 5.43 Å². The lowest BCUT2D eigenvalue weighted by Crippen LogP contribution is -2.13. The third kappa shape index (κ3) is 5.35. The van der Waals surface area contributed by atoms with Gasteiger partial charge in [-0.15, -0.1) is 0 Å². The predicted molar refractivity (Wildman–Crippen MR) is 155 cm³/mol. The van der Waals surface area contributed by atoms with E-state index in [4.69, 9.17) is 23.4 Å². The van der Waals surface area contributed by atoms with Crippen molar-refractivity contribution in [1.29, 1.82) is 0 Å². The van der Waals surface area contributed by atoms with E-state index in [0.29, 0.717) is 56.7 Å². The van der Waals surface area contributed by atoms with E-state index in [1.54, 1.807) is 72.8 Å². The van der Waals surface area contributed by atoms with Crippen molar-refractivity contribution < 1.29 is 33.0 Å². The SMILES string of the molecule is COc1ccc(C(=O)Nc2ccc3oc4ccc(NC(=O)c5ccc(OC)c(OC)c5)cc4c(=O)c3c2)cc1OC. The summed E-state index contributed by atoms with van der Waals surface area (Å²) in [5.41, 5.74) is 1.91. The van der Waals surface area contributed by atoms with Gasteiger partial charge in [0.1, 0.15) is 11.2 Å². The number of methoxy groups -OCH3 is 4. The van der Waals surface area contributed by atoms with E-state index in [9.17, 15) is 14.4 Å². The van der Waals surface area contributed by atoms with Gasteiger partial charge in [0, 0.05) is 22.5 Å². The Labute approximate surface area is 234 Å². The molecule has 0 bridgehead atoms. The first-order valence-electron chi connectivity index (χ1n) is 12.4. The molecule has 4 aromatic carbocycles. The second-order valence-electron chi connectivity index (χ2n) is 8.90. The summed E-state index contributed by atoms with van der Waals surface area (Å²) in [4.78, 5) is 39.2. The zero-order valence-corrected chi connectivity index (χ0v) is 22.7. The monoisotopic (exact) mass is 554 g/mol. The normalized spacial score (nSPS) is 10.7. The quantitative estimate of drug-likeness (QED) is 0.242. The number of amides is 2. The van der Waals surface area contributed by atoms with Gasteiger partial charge in [-0.1, -0.05) is 0 Å². The van der Waals surface area contributed by atoms with Gasteiger partial charge in [0.15, 0.2) is 23.0 Å². The van der Waals surface area contributed by atoms with E-state index < -0.39 is 11.8 Å². The van der Waals surface area contributed by atoms with Crippen molar-refractivity contribution >= 4 is 45.1 Å². The molecular weight excluding hydrogens is 528 g/mol. The molecule has 1 heterocycles. The molecule has 0 atom stereocenters. The fraction of sp³-hybridized carbons (Fsp3) is 0.129. The molecule has 0 fully saturated rings. The molecule has 2 N–H and O–H groups in total. The highest BCUT2D eigenvalue weighted by atomic mass is 16.5. The minimum Gasteiger partial charge on any atom is -0.493 e. The van der Waals surface area contributed by atoms with E-state index in [2.05, 4.69) is 10.6 Å². The van der Waals surface area contributed by atoms with Crippen molar-refractivity contribution in [1.82, 2.24) is 0 Å². The minimum absolute atomic E-state index is 0.269. The molecule has 0 spiro atoms. The Bertz CT molecular complexity index is 1730. The van der Waals surface area contributed by atoms with Gasteiger partial charge >= 0.3 is 0 Å². The van der Waals surface area contributed by atoms with Crippen LogP contribution in [0.1, 0.15) is 20.7 Å². The molecular formula is C31H26N2O8. The largest absolute Gasteiger partial charge is 0.493 e. The predicted octanol–water partition coefficient (Wildman–Crippen LogP) is 5.49. The van der Waals surface area contributed by atoms with Crippen LogP contribution < -0.4 is 35.0 Å². The average molecular weight is 555 g/mol. The molecule has 5 rings (SSSR count). The van der Waals surface area contributed by atoms with Crippen LogP contribution in [-0.2, 0) is 0 Å². The van der Waals surface area contributed by atoms with E-state index in [1.807, 2.05) is 0 Å². The van der Waals surface area contributed by atoms with Gasteiger partial charge in [-0.3, -0.25) is 14.4 Å². The Morgan fingerprint density at radius 2 is 0.976 bits per heavy atom. The Hall–Kier alpha value is -5.51. The lowest BCUT2D eigenvalue weighted by atomic mass is 10.1. The zero-order valence-electron chi connectivity index (χ0n) is 22.7. The van der Waals surface area contributed by atoms with Crippen LogP contribution in [0, 0.1) is 0 Å². The summed E-state index contributed by atoms with van der Waals surface area (Å²) in [7, 11) is 5.99. The van der Waals surface area contributed by atoms with Crippen LogP contribution in [0.5, 0.6) is 23.0 Å². The Kier molecular flexibility index (Phi) is 7.47. The van der Waals surface area contributed by atoms with Crippen LogP contribution in [0.15, 0.2) is 82.0 Å². The maximum atomic E-state index is 13.5. The van der Waals surface area contributed by atoms with Crippen molar-refractivity contribution in [2.45, 2.75) is 0 Å². The molecule has 0 unspecified atom stereocenters. The second kappa shape index (κ2) is 11.3. The molecule has 2 amide bonds. The summed E-state index contributed by atoms with van der Waals surface area (Å²) >= 11 is 0. The van der Waals surface area contributed by atoms with Crippen LogP contribution in [0.4, 0.5) is 11.4 Å². The summed E-state index contributed by atoms with van der Waals surface area (Å²) in [6.07, 6.45) is 0. The lowest BCUT2D eigenvalue weighted by molar-refractivity contribution is 0.101. The van der Waals surface area contributed by atoms with Crippen molar-refractivity contribution in [2.24, 2.45) is 0 Å². The zero-order chi connectivity index (χ0) is 29.1.